The molecule has 5 nitrogen and oxygen atoms in total. The minimum absolute atomic E-state index is 0. The van der Waals surface area contributed by atoms with Crippen molar-refractivity contribution in [2.45, 2.75) is 31.7 Å². The van der Waals surface area contributed by atoms with Gasteiger partial charge in [-0.3, -0.25) is 9.59 Å². The Kier molecular flexibility index (Phi) is 5.07. The summed E-state index contributed by atoms with van der Waals surface area (Å²) in [7, 11) is 0. The fourth-order valence-electron chi connectivity index (χ4n) is 2.84. The van der Waals surface area contributed by atoms with E-state index in [-0.39, 0.29) is 30.3 Å². The number of nitrogens with one attached hydrogen (secondary N) is 3. The Morgan fingerprint density at radius 2 is 2.10 bits per heavy atom. The van der Waals surface area contributed by atoms with Crippen molar-refractivity contribution in [3.05, 3.63) is 29.3 Å². The maximum atomic E-state index is 12.4. The van der Waals surface area contributed by atoms with Gasteiger partial charge in [-0.2, -0.15) is 0 Å². The van der Waals surface area contributed by atoms with Crippen LogP contribution in [0.5, 0.6) is 0 Å². The van der Waals surface area contributed by atoms with Crippen LogP contribution < -0.4 is 16.0 Å². The molecular weight excluding hydrogens is 290 g/mol. The predicted octanol–water partition coefficient (Wildman–Crippen LogP) is 1.47. The van der Waals surface area contributed by atoms with Gasteiger partial charge in [0, 0.05) is 36.8 Å². The molecule has 1 aromatic rings. The fourth-order valence-corrected chi connectivity index (χ4v) is 2.84. The molecule has 2 amide bonds. The fraction of sp³-hybridized carbons (Fsp3) is 0.467. The summed E-state index contributed by atoms with van der Waals surface area (Å²) in [6, 6.07) is 5.84. The van der Waals surface area contributed by atoms with E-state index >= 15 is 0 Å². The van der Waals surface area contributed by atoms with Crippen LogP contribution in [0.3, 0.4) is 0 Å². The van der Waals surface area contributed by atoms with E-state index in [1.54, 1.807) is 0 Å². The van der Waals surface area contributed by atoms with Gasteiger partial charge in [-0.25, -0.2) is 0 Å². The first-order valence-electron chi connectivity index (χ1n) is 7.17. The number of amides is 2. The van der Waals surface area contributed by atoms with E-state index < -0.39 is 0 Å². The van der Waals surface area contributed by atoms with Crippen molar-refractivity contribution in [3.8, 4) is 0 Å². The molecule has 114 valence electrons. The second kappa shape index (κ2) is 6.80. The number of hydrogen-bond donors (Lipinski definition) is 3. The minimum atomic E-state index is -0.0355. The van der Waals surface area contributed by atoms with Crippen molar-refractivity contribution < 1.29 is 9.59 Å². The van der Waals surface area contributed by atoms with E-state index in [1.807, 2.05) is 18.2 Å². The molecule has 1 aromatic carbocycles. The number of carbonyl (C=O) groups excluding carboxylic acids is 2. The highest BCUT2D eigenvalue weighted by molar-refractivity contribution is 5.97. The average Bonchev–Trinajstić information content (AvgIpc) is 2.49. The average molecular weight is 310 g/mol. The molecular formula is C15H20ClN3O2. The van der Waals surface area contributed by atoms with Crippen LogP contribution in [0.15, 0.2) is 18.2 Å². The highest BCUT2D eigenvalue weighted by atomic mass is 35.5. The molecule has 1 atom stereocenters. The number of hydrogen-bond acceptors (Lipinski definition) is 3. The topological polar surface area (TPSA) is 70.2 Å². The lowest BCUT2D eigenvalue weighted by atomic mass is 9.96. The molecule has 2 aliphatic rings. The summed E-state index contributed by atoms with van der Waals surface area (Å²) in [4.78, 5) is 23.5. The van der Waals surface area contributed by atoms with Crippen molar-refractivity contribution >= 4 is 29.9 Å². The van der Waals surface area contributed by atoms with E-state index in [9.17, 15) is 9.59 Å². The van der Waals surface area contributed by atoms with Crippen LogP contribution in [-0.2, 0) is 11.2 Å². The Morgan fingerprint density at radius 3 is 2.86 bits per heavy atom. The van der Waals surface area contributed by atoms with Crippen LogP contribution >= 0.6 is 12.4 Å². The third-order valence-electron chi connectivity index (χ3n) is 3.94. The van der Waals surface area contributed by atoms with Crippen molar-refractivity contribution in [1.29, 1.82) is 0 Å². The monoisotopic (exact) mass is 309 g/mol. The van der Waals surface area contributed by atoms with Crippen LogP contribution in [-0.4, -0.2) is 30.9 Å². The van der Waals surface area contributed by atoms with Crippen LogP contribution in [0.25, 0.3) is 0 Å². The van der Waals surface area contributed by atoms with E-state index in [0.717, 1.165) is 36.2 Å². The van der Waals surface area contributed by atoms with Gasteiger partial charge in [0.25, 0.3) is 5.91 Å². The molecule has 0 aliphatic carbocycles. The lowest BCUT2D eigenvalue weighted by Crippen LogP contribution is -2.47. The second-order valence-corrected chi connectivity index (χ2v) is 5.38. The largest absolute Gasteiger partial charge is 0.385 e. The van der Waals surface area contributed by atoms with Crippen LogP contribution in [0, 0.1) is 0 Å². The SMILES string of the molecule is Cl.O=C1CCC(NC(=O)c2cccc3c2CCCN3)CN1. The second-order valence-electron chi connectivity index (χ2n) is 5.38. The molecule has 3 rings (SSSR count). The summed E-state index contributed by atoms with van der Waals surface area (Å²) in [5.74, 6) is 0.0310. The van der Waals surface area contributed by atoms with Gasteiger partial charge < -0.3 is 16.0 Å². The van der Waals surface area contributed by atoms with Gasteiger partial charge in [-0.1, -0.05) is 6.07 Å². The Hall–Kier alpha value is -1.75. The molecule has 6 heteroatoms. The molecule has 1 unspecified atom stereocenters. The molecule has 0 bridgehead atoms. The van der Waals surface area contributed by atoms with Gasteiger partial charge in [0.2, 0.25) is 5.91 Å². The zero-order valence-electron chi connectivity index (χ0n) is 11.8. The van der Waals surface area contributed by atoms with Gasteiger partial charge in [0.15, 0.2) is 0 Å². The van der Waals surface area contributed by atoms with Gasteiger partial charge in [0.1, 0.15) is 0 Å². The highest BCUT2D eigenvalue weighted by Crippen LogP contribution is 2.25. The van der Waals surface area contributed by atoms with E-state index in [4.69, 9.17) is 0 Å². The van der Waals surface area contributed by atoms with Crippen LogP contribution in [0.2, 0.25) is 0 Å². The Morgan fingerprint density at radius 1 is 1.24 bits per heavy atom. The zero-order valence-corrected chi connectivity index (χ0v) is 12.6. The van der Waals surface area contributed by atoms with E-state index in [1.165, 1.54) is 0 Å². The third-order valence-corrected chi connectivity index (χ3v) is 3.94. The maximum Gasteiger partial charge on any atom is 0.251 e. The molecule has 2 aliphatic heterocycles. The lowest BCUT2D eigenvalue weighted by molar-refractivity contribution is -0.122. The lowest BCUT2D eigenvalue weighted by Gasteiger charge is -2.25. The predicted molar refractivity (Wildman–Crippen MR) is 84.0 cm³/mol. The molecule has 0 spiro atoms. The summed E-state index contributed by atoms with van der Waals surface area (Å²) in [5, 5.41) is 9.14. The Balaban J connectivity index is 0.00000161. The Labute approximate surface area is 130 Å². The zero-order chi connectivity index (χ0) is 13.9. The number of carbonyl (C=O) groups is 2. The third kappa shape index (κ3) is 3.47. The van der Waals surface area contributed by atoms with Crippen molar-refractivity contribution in [1.82, 2.24) is 10.6 Å². The molecule has 0 aromatic heterocycles. The molecule has 0 saturated carbocycles. The Bertz CT molecular complexity index is 538. The quantitative estimate of drug-likeness (QED) is 0.775. The summed E-state index contributed by atoms with van der Waals surface area (Å²) >= 11 is 0. The van der Waals surface area contributed by atoms with Crippen molar-refractivity contribution in [2.24, 2.45) is 0 Å². The first-order chi connectivity index (χ1) is 9.74. The van der Waals surface area contributed by atoms with Gasteiger partial charge in [-0.05, 0) is 37.0 Å². The molecule has 0 radical (unpaired) electrons. The molecule has 1 saturated heterocycles. The van der Waals surface area contributed by atoms with Crippen LogP contribution in [0.1, 0.15) is 35.2 Å². The van der Waals surface area contributed by atoms with E-state index in [0.29, 0.717) is 19.4 Å². The molecule has 21 heavy (non-hydrogen) atoms. The maximum absolute atomic E-state index is 12.4. The first kappa shape index (κ1) is 15.6. The van der Waals surface area contributed by atoms with Gasteiger partial charge >= 0.3 is 0 Å². The first-order valence-corrected chi connectivity index (χ1v) is 7.17. The number of piperidine rings is 1. The van der Waals surface area contributed by atoms with Crippen molar-refractivity contribution in [2.75, 3.05) is 18.4 Å². The minimum Gasteiger partial charge on any atom is -0.385 e. The highest BCUT2D eigenvalue weighted by Gasteiger charge is 2.22. The van der Waals surface area contributed by atoms with E-state index in [2.05, 4.69) is 16.0 Å². The number of fused-ring (bicyclic) bond motifs is 1. The molecule has 3 N–H and O–H groups in total. The van der Waals surface area contributed by atoms with Crippen molar-refractivity contribution in [3.63, 3.8) is 0 Å². The summed E-state index contributed by atoms with van der Waals surface area (Å²) in [5.41, 5.74) is 2.93. The normalized spacial score (nSPS) is 20.4. The summed E-state index contributed by atoms with van der Waals surface area (Å²) < 4.78 is 0. The number of rotatable bonds is 2. The van der Waals surface area contributed by atoms with Gasteiger partial charge in [0.05, 0.1) is 0 Å². The summed E-state index contributed by atoms with van der Waals surface area (Å²) in [6.45, 7) is 1.49. The van der Waals surface area contributed by atoms with Crippen LogP contribution in [0.4, 0.5) is 5.69 Å². The number of benzene rings is 1. The number of halogens is 1. The molecule has 1 fully saturated rings. The number of anilines is 1. The van der Waals surface area contributed by atoms with Gasteiger partial charge in [-0.15, -0.1) is 12.4 Å². The standard InChI is InChI=1S/C15H19N3O2.ClH/c19-14-7-6-10(9-17-14)18-15(20)12-3-1-5-13-11(12)4-2-8-16-13;/h1,3,5,10,16H,2,4,6-9H2,(H,17,19)(H,18,20);1H. The summed E-state index contributed by atoms with van der Waals surface area (Å²) in [6.07, 6.45) is 3.19. The molecule has 2 heterocycles. The smallest absolute Gasteiger partial charge is 0.251 e.